The number of hydrogen-bond donors (Lipinski definition) is 1. The lowest BCUT2D eigenvalue weighted by Gasteiger charge is -2.26. The van der Waals surface area contributed by atoms with Gasteiger partial charge in [0.05, 0.1) is 0 Å². The van der Waals surface area contributed by atoms with Crippen LogP contribution in [-0.4, -0.2) is 43.2 Å². The lowest BCUT2D eigenvalue weighted by Crippen LogP contribution is -2.46. The number of hydrogen-bond acceptors (Lipinski definition) is 4. The minimum Gasteiger partial charge on any atom is -0.445 e. The van der Waals surface area contributed by atoms with Crippen molar-refractivity contribution in [1.82, 2.24) is 10.2 Å². The summed E-state index contributed by atoms with van der Waals surface area (Å²) in [5, 5.41) is 3.99. The standard InChI is InChI=1S/C10H14N2O2S/c1-15-9-3-2-8(14-9)10(13)12-6-4-11-5-7-12/h2-3,11H,4-7H2,1H3. The van der Waals surface area contributed by atoms with E-state index in [-0.39, 0.29) is 5.91 Å². The number of nitrogens with one attached hydrogen (secondary N) is 1. The number of amides is 1. The van der Waals surface area contributed by atoms with Gasteiger partial charge in [0.2, 0.25) is 0 Å². The molecule has 0 aromatic carbocycles. The zero-order valence-corrected chi connectivity index (χ0v) is 9.47. The predicted molar refractivity (Wildman–Crippen MR) is 59.3 cm³/mol. The van der Waals surface area contributed by atoms with Gasteiger partial charge in [0.15, 0.2) is 10.9 Å². The Morgan fingerprint density at radius 3 is 2.80 bits per heavy atom. The zero-order chi connectivity index (χ0) is 10.7. The molecule has 0 unspecified atom stereocenters. The molecule has 2 rings (SSSR count). The summed E-state index contributed by atoms with van der Waals surface area (Å²) in [4.78, 5) is 13.7. The van der Waals surface area contributed by atoms with E-state index in [9.17, 15) is 4.79 Å². The molecule has 15 heavy (non-hydrogen) atoms. The highest BCUT2D eigenvalue weighted by molar-refractivity contribution is 7.98. The summed E-state index contributed by atoms with van der Waals surface area (Å²) >= 11 is 1.50. The van der Waals surface area contributed by atoms with Gasteiger partial charge in [0, 0.05) is 26.2 Å². The summed E-state index contributed by atoms with van der Waals surface area (Å²) in [7, 11) is 0. The lowest BCUT2D eigenvalue weighted by molar-refractivity contribution is 0.0698. The Morgan fingerprint density at radius 1 is 1.47 bits per heavy atom. The molecule has 1 amide bonds. The maximum atomic E-state index is 11.9. The highest BCUT2D eigenvalue weighted by Gasteiger charge is 2.20. The Hall–Kier alpha value is -0.940. The van der Waals surface area contributed by atoms with Crippen LogP contribution < -0.4 is 5.32 Å². The molecule has 0 aliphatic carbocycles. The average molecular weight is 226 g/mol. The zero-order valence-electron chi connectivity index (χ0n) is 8.66. The summed E-state index contributed by atoms with van der Waals surface area (Å²) in [6, 6.07) is 3.58. The number of piperazine rings is 1. The molecule has 0 atom stereocenters. The Bertz CT molecular complexity index is 345. The van der Waals surface area contributed by atoms with E-state index in [1.807, 2.05) is 17.2 Å². The third-order valence-electron chi connectivity index (χ3n) is 2.40. The first-order valence-electron chi connectivity index (χ1n) is 4.95. The van der Waals surface area contributed by atoms with Gasteiger partial charge in [0.1, 0.15) is 0 Å². The SMILES string of the molecule is CSc1ccc(C(=O)N2CCNCC2)o1. The van der Waals surface area contributed by atoms with Gasteiger partial charge >= 0.3 is 0 Å². The van der Waals surface area contributed by atoms with Crippen LogP contribution in [0.1, 0.15) is 10.6 Å². The van der Waals surface area contributed by atoms with Crippen LogP contribution in [0.3, 0.4) is 0 Å². The van der Waals surface area contributed by atoms with Crippen molar-refractivity contribution >= 4 is 17.7 Å². The van der Waals surface area contributed by atoms with Gasteiger partial charge in [-0.2, -0.15) is 0 Å². The molecule has 0 saturated carbocycles. The van der Waals surface area contributed by atoms with Crippen LogP contribution in [0.2, 0.25) is 0 Å². The molecular weight excluding hydrogens is 212 g/mol. The van der Waals surface area contributed by atoms with Crippen LogP contribution in [0.4, 0.5) is 0 Å². The van der Waals surface area contributed by atoms with E-state index in [0.717, 1.165) is 31.3 Å². The van der Waals surface area contributed by atoms with Crippen molar-refractivity contribution < 1.29 is 9.21 Å². The summed E-state index contributed by atoms with van der Waals surface area (Å²) in [6.07, 6.45) is 1.93. The number of carbonyl (C=O) groups is 1. The number of carbonyl (C=O) groups excluding carboxylic acids is 1. The second kappa shape index (κ2) is 4.72. The van der Waals surface area contributed by atoms with E-state index in [4.69, 9.17) is 4.42 Å². The lowest BCUT2D eigenvalue weighted by atomic mass is 10.3. The molecule has 1 N–H and O–H groups in total. The second-order valence-corrected chi connectivity index (χ2v) is 4.18. The molecule has 0 bridgehead atoms. The van der Waals surface area contributed by atoms with Gasteiger partial charge in [0.25, 0.3) is 5.91 Å². The Balaban J connectivity index is 2.05. The average Bonchev–Trinajstić information content (AvgIpc) is 2.78. The molecule has 1 aliphatic heterocycles. The van der Waals surface area contributed by atoms with Gasteiger partial charge in [-0.05, 0) is 18.4 Å². The van der Waals surface area contributed by atoms with Crippen molar-refractivity contribution in [2.24, 2.45) is 0 Å². The normalized spacial score (nSPS) is 16.7. The van der Waals surface area contributed by atoms with Gasteiger partial charge in [-0.3, -0.25) is 4.79 Å². The van der Waals surface area contributed by atoms with Crippen molar-refractivity contribution in [1.29, 1.82) is 0 Å². The van der Waals surface area contributed by atoms with E-state index < -0.39 is 0 Å². The molecule has 1 aromatic heterocycles. The maximum absolute atomic E-state index is 11.9. The summed E-state index contributed by atoms with van der Waals surface area (Å²) in [6.45, 7) is 3.24. The van der Waals surface area contributed by atoms with E-state index >= 15 is 0 Å². The van der Waals surface area contributed by atoms with Crippen molar-refractivity contribution in [3.05, 3.63) is 17.9 Å². The van der Waals surface area contributed by atoms with E-state index in [1.54, 1.807) is 6.07 Å². The highest BCUT2D eigenvalue weighted by Crippen LogP contribution is 2.19. The van der Waals surface area contributed by atoms with Crippen LogP contribution in [0.25, 0.3) is 0 Å². The molecule has 1 saturated heterocycles. The van der Waals surface area contributed by atoms with Crippen molar-refractivity contribution in [3.63, 3.8) is 0 Å². The van der Waals surface area contributed by atoms with E-state index in [1.165, 1.54) is 11.8 Å². The van der Waals surface area contributed by atoms with Gasteiger partial charge < -0.3 is 14.6 Å². The molecule has 1 fully saturated rings. The Labute approximate surface area is 93.0 Å². The quantitative estimate of drug-likeness (QED) is 0.766. The van der Waals surface area contributed by atoms with Gasteiger partial charge in [-0.1, -0.05) is 11.8 Å². The fourth-order valence-electron chi connectivity index (χ4n) is 1.57. The Kier molecular flexibility index (Phi) is 3.33. The van der Waals surface area contributed by atoms with Crippen molar-refractivity contribution in [2.75, 3.05) is 32.4 Å². The number of nitrogens with zero attached hydrogens (tertiary/aromatic N) is 1. The first-order valence-corrected chi connectivity index (χ1v) is 6.17. The van der Waals surface area contributed by atoms with Crippen LogP contribution in [0.15, 0.2) is 21.6 Å². The van der Waals surface area contributed by atoms with Crippen LogP contribution >= 0.6 is 11.8 Å². The fourth-order valence-corrected chi connectivity index (χ4v) is 1.95. The fraction of sp³-hybridized carbons (Fsp3) is 0.500. The minimum absolute atomic E-state index is 0.00296. The molecule has 5 heteroatoms. The molecular formula is C10H14N2O2S. The predicted octanol–water partition coefficient (Wildman–Crippen LogP) is 1.05. The van der Waals surface area contributed by atoms with Crippen LogP contribution in [-0.2, 0) is 0 Å². The third-order valence-corrected chi connectivity index (χ3v) is 3.02. The van der Waals surface area contributed by atoms with Crippen LogP contribution in [0.5, 0.6) is 0 Å². The van der Waals surface area contributed by atoms with Gasteiger partial charge in [-0.25, -0.2) is 0 Å². The maximum Gasteiger partial charge on any atom is 0.289 e. The van der Waals surface area contributed by atoms with Crippen LogP contribution in [0, 0.1) is 0 Å². The summed E-state index contributed by atoms with van der Waals surface area (Å²) in [5.74, 6) is 0.443. The number of furan rings is 1. The topological polar surface area (TPSA) is 45.5 Å². The van der Waals surface area contributed by atoms with Gasteiger partial charge in [-0.15, -0.1) is 0 Å². The largest absolute Gasteiger partial charge is 0.445 e. The monoisotopic (exact) mass is 226 g/mol. The molecule has 1 aliphatic rings. The molecule has 4 nitrogen and oxygen atoms in total. The molecule has 0 radical (unpaired) electrons. The first kappa shape index (κ1) is 10.6. The number of rotatable bonds is 2. The molecule has 1 aromatic rings. The molecule has 0 spiro atoms. The summed E-state index contributed by atoms with van der Waals surface area (Å²) < 4.78 is 5.40. The third kappa shape index (κ3) is 2.35. The van der Waals surface area contributed by atoms with Crippen molar-refractivity contribution in [2.45, 2.75) is 5.09 Å². The first-order chi connectivity index (χ1) is 7.31. The van der Waals surface area contributed by atoms with E-state index in [2.05, 4.69) is 5.32 Å². The molecule has 82 valence electrons. The van der Waals surface area contributed by atoms with Crippen molar-refractivity contribution in [3.8, 4) is 0 Å². The second-order valence-electron chi connectivity index (χ2n) is 3.37. The Morgan fingerprint density at radius 2 is 2.20 bits per heavy atom. The van der Waals surface area contributed by atoms with E-state index in [0.29, 0.717) is 5.76 Å². The number of thioether (sulfide) groups is 1. The minimum atomic E-state index is -0.00296. The highest BCUT2D eigenvalue weighted by atomic mass is 32.2. The molecule has 2 heterocycles. The smallest absolute Gasteiger partial charge is 0.289 e. The summed E-state index contributed by atoms with van der Waals surface area (Å²) in [5.41, 5.74) is 0.